The maximum absolute atomic E-state index is 5.93. The van der Waals surface area contributed by atoms with Gasteiger partial charge in [-0.15, -0.1) is 0 Å². The van der Waals surface area contributed by atoms with E-state index in [1.54, 1.807) is 0 Å². The molecule has 0 aliphatic rings. The standard InChI is InChI=1S/C15H25ClN2O/c1-4-8-17-9-10-18(3)12-13(2)19-15-7-5-6-14(16)11-15/h5-7,11,13,17H,4,8-10,12H2,1-3H3. The molecule has 108 valence electrons. The highest BCUT2D eigenvalue weighted by molar-refractivity contribution is 6.30. The normalized spacial score (nSPS) is 12.7. The van der Waals surface area contributed by atoms with Gasteiger partial charge < -0.3 is 15.0 Å². The molecular weight excluding hydrogens is 260 g/mol. The molecule has 1 atom stereocenters. The van der Waals surface area contributed by atoms with Gasteiger partial charge in [0.15, 0.2) is 0 Å². The molecule has 1 unspecified atom stereocenters. The zero-order valence-corrected chi connectivity index (χ0v) is 12.9. The van der Waals surface area contributed by atoms with Crippen molar-refractivity contribution in [2.24, 2.45) is 0 Å². The number of benzene rings is 1. The van der Waals surface area contributed by atoms with Gasteiger partial charge in [0.05, 0.1) is 0 Å². The molecule has 0 aliphatic heterocycles. The number of likely N-dealkylation sites (N-methyl/N-ethyl adjacent to an activating group) is 1. The molecule has 1 N–H and O–H groups in total. The smallest absolute Gasteiger partial charge is 0.121 e. The van der Waals surface area contributed by atoms with E-state index in [0.717, 1.165) is 31.9 Å². The fourth-order valence-corrected chi connectivity index (χ4v) is 2.09. The summed E-state index contributed by atoms with van der Waals surface area (Å²) >= 11 is 5.93. The number of ether oxygens (including phenoxy) is 1. The lowest BCUT2D eigenvalue weighted by atomic mass is 10.3. The molecule has 0 radical (unpaired) electrons. The quantitative estimate of drug-likeness (QED) is 0.706. The lowest BCUT2D eigenvalue weighted by molar-refractivity contribution is 0.163. The molecule has 0 spiro atoms. The molecule has 3 nitrogen and oxygen atoms in total. The van der Waals surface area contributed by atoms with Gasteiger partial charge in [-0.2, -0.15) is 0 Å². The number of hydrogen-bond acceptors (Lipinski definition) is 3. The Morgan fingerprint density at radius 1 is 1.37 bits per heavy atom. The van der Waals surface area contributed by atoms with Crippen molar-refractivity contribution in [2.75, 3.05) is 33.2 Å². The molecule has 1 aromatic carbocycles. The third-order valence-corrected chi connectivity index (χ3v) is 3.03. The molecule has 0 amide bonds. The summed E-state index contributed by atoms with van der Waals surface area (Å²) in [6.45, 7) is 8.30. The Bertz CT molecular complexity index is 360. The van der Waals surface area contributed by atoms with Gasteiger partial charge in [0.1, 0.15) is 11.9 Å². The van der Waals surface area contributed by atoms with Crippen LogP contribution in [0.25, 0.3) is 0 Å². The summed E-state index contributed by atoms with van der Waals surface area (Å²) < 4.78 is 5.85. The number of nitrogens with zero attached hydrogens (tertiary/aromatic N) is 1. The van der Waals surface area contributed by atoms with Crippen LogP contribution in [0, 0.1) is 0 Å². The van der Waals surface area contributed by atoms with Crippen LogP contribution >= 0.6 is 11.6 Å². The van der Waals surface area contributed by atoms with Gasteiger partial charge in [-0.3, -0.25) is 0 Å². The summed E-state index contributed by atoms with van der Waals surface area (Å²) in [4.78, 5) is 2.28. The molecule has 19 heavy (non-hydrogen) atoms. The van der Waals surface area contributed by atoms with Gasteiger partial charge in [-0.05, 0) is 45.1 Å². The maximum atomic E-state index is 5.93. The minimum Gasteiger partial charge on any atom is -0.489 e. The van der Waals surface area contributed by atoms with Crippen molar-refractivity contribution in [1.29, 1.82) is 0 Å². The van der Waals surface area contributed by atoms with Crippen molar-refractivity contribution in [3.8, 4) is 5.75 Å². The average molecular weight is 285 g/mol. The lowest BCUT2D eigenvalue weighted by Gasteiger charge is -2.22. The van der Waals surface area contributed by atoms with Crippen molar-refractivity contribution in [2.45, 2.75) is 26.4 Å². The van der Waals surface area contributed by atoms with E-state index in [9.17, 15) is 0 Å². The molecule has 0 heterocycles. The van der Waals surface area contributed by atoms with Crippen molar-refractivity contribution in [1.82, 2.24) is 10.2 Å². The highest BCUT2D eigenvalue weighted by Crippen LogP contribution is 2.18. The van der Waals surface area contributed by atoms with Crippen LogP contribution in [0.4, 0.5) is 0 Å². The van der Waals surface area contributed by atoms with Gasteiger partial charge in [0, 0.05) is 24.7 Å². The SMILES string of the molecule is CCCNCCN(C)CC(C)Oc1cccc(Cl)c1. The molecule has 0 fully saturated rings. The first-order valence-electron chi connectivity index (χ1n) is 6.93. The van der Waals surface area contributed by atoms with Crippen LogP contribution < -0.4 is 10.1 Å². The minimum atomic E-state index is 0.148. The first-order chi connectivity index (χ1) is 9.11. The third-order valence-electron chi connectivity index (χ3n) is 2.80. The fraction of sp³-hybridized carbons (Fsp3) is 0.600. The average Bonchev–Trinajstić information content (AvgIpc) is 2.34. The van der Waals surface area contributed by atoms with Gasteiger partial charge in [-0.1, -0.05) is 24.6 Å². The Hall–Kier alpha value is -0.770. The van der Waals surface area contributed by atoms with E-state index in [1.807, 2.05) is 24.3 Å². The number of nitrogens with one attached hydrogen (secondary N) is 1. The van der Waals surface area contributed by atoms with Crippen LogP contribution in [-0.2, 0) is 0 Å². The zero-order valence-electron chi connectivity index (χ0n) is 12.2. The maximum Gasteiger partial charge on any atom is 0.121 e. The zero-order chi connectivity index (χ0) is 14.1. The summed E-state index contributed by atoms with van der Waals surface area (Å²) in [6, 6.07) is 7.54. The van der Waals surface area contributed by atoms with E-state index < -0.39 is 0 Å². The van der Waals surface area contributed by atoms with Crippen LogP contribution in [0.3, 0.4) is 0 Å². The predicted molar refractivity (Wildman–Crippen MR) is 82.2 cm³/mol. The Labute approximate surface area is 121 Å². The van der Waals surface area contributed by atoms with E-state index >= 15 is 0 Å². The van der Waals surface area contributed by atoms with Gasteiger partial charge in [0.25, 0.3) is 0 Å². The van der Waals surface area contributed by atoms with Crippen molar-refractivity contribution in [3.63, 3.8) is 0 Å². The molecule has 0 aromatic heterocycles. The first-order valence-corrected chi connectivity index (χ1v) is 7.31. The van der Waals surface area contributed by atoms with Crippen LogP contribution in [0.5, 0.6) is 5.75 Å². The van der Waals surface area contributed by atoms with Gasteiger partial charge in [0.2, 0.25) is 0 Å². The van der Waals surface area contributed by atoms with E-state index in [-0.39, 0.29) is 6.10 Å². The van der Waals surface area contributed by atoms with Crippen LogP contribution in [-0.4, -0.2) is 44.2 Å². The first kappa shape index (κ1) is 16.3. The van der Waals surface area contributed by atoms with Crippen molar-refractivity contribution < 1.29 is 4.74 Å². The van der Waals surface area contributed by atoms with E-state index in [1.165, 1.54) is 6.42 Å². The van der Waals surface area contributed by atoms with Gasteiger partial charge in [-0.25, -0.2) is 0 Å². The Morgan fingerprint density at radius 2 is 2.16 bits per heavy atom. The monoisotopic (exact) mass is 284 g/mol. The predicted octanol–water partition coefficient (Wildman–Crippen LogP) is 3.04. The van der Waals surface area contributed by atoms with Crippen LogP contribution in [0.2, 0.25) is 5.02 Å². The van der Waals surface area contributed by atoms with Crippen LogP contribution in [0.1, 0.15) is 20.3 Å². The lowest BCUT2D eigenvalue weighted by Crippen LogP contribution is -2.35. The number of halogens is 1. The Morgan fingerprint density at radius 3 is 2.84 bits per heavy atom. The largest absolute Gasteiger partial charge is 0.489 e. The Balaban J connectivity index is 2.24. The molecule has 0 aliphatic carbocycles. The molecule has 0 saturated heterocycles. The Kier molecular flexibility index (Phi) is 7.87. The summed E-state index contributed by atoms with van der Waals surface area (Å²) in [7, 11) is 2.12. The number of rotatable bonds is 9. The number of hydrogen-bond donors (Lipinski definition) is 1. The molecule has 0 saturated carbocycles. The van der Waals surface area contributed by atoms with E-state index in [4.69, 9.17) is 16.3 Å². The third kappa shape index (κ3) is 7.41. The molecule has 1 aromatic rings. The highest BCUT2D eigenvalue weighted by Gasteiger charge is 2.08. The molecule has 0 bridgehead atoms. The molecule has 4 heteroatoms. The van der Waals surface area contributed by atoms with Gasteiger partial charge >= 0.3 is 0 Å². The van der Waals surface area contributed by atoms with E-state index in [0.29, 0.717) is 5.02 Å². The summed E-state index contributed by atoms with van der Waals surface area (Å²) in [5, 5.41) is 4.11. The van der Waals surface area contributed by atoms with Crippen molar-refractivity contribution in [3.05, 3.63) is 29.3 Å². The second kappa shape index (κ2) is 9.18. The second-order valence-corrected chi connectivity index (χ2v) is 5.33. The fourth-order valence-electron chi connectivity index (χ4n) is 1.91. The van der Waals surface area contributed by atoms with E-state index in [2.05, 4.69) is 31.1 Å². The topological polar surface area (TPSA) is 24.5 Å². The summed E-state index contributed by atoms with van der Waals surface area (Å²) in [5.41, 5.74) is 0. The van der Waals surface area contributed by atoms with Crippen molar-refractivity contribution >= 4 is 11.6 Å². The highest BCUT2D eigenvalue weighted by atomic mass is 35.5. The van der Waals surface area contributed by atoms with Crippen LogP contribution in [0.15, 0.2) is 24.3 Å². The molecule has 1 rings (SSSR count). The summed E-state index contributed by atoms with van der Waals surface area (Å²) in [6.07, 6.45) is 1.33. The second-order valence-electron chi connectivity index (χ2n) is 4.90. The summed E-state index contributed by atoms with van der Waals surface area (Å²) in [5.74, 6) is 0.831. The molecular formula is C15H25ClN2O. The minimum absolute atomic E-state index is 0.148.